The van der Waals surface area contributed by atoms with Crippen LogP contribution < -0.4 is 10.1 Å². The molecule has 1 aromatic heterocycles. The number of nitro groups is 1. The Labute approximate surface area is 190 Å². The van der Waals surface area contributed by atoms with E-state index in [1.165, 1.54) is 25.3 Å². The van der Waals surface area contributed by atoms with Gasteiger partial charge in [0.25, 0.3) is 5.69 Å². The summed E-state index contributed by atoms with van der Waals surface area (Å²) < 4.78 is 45.1. The van der Waals surface area contributed by atoms with Crippen molar-refractivity contribution >= 4 is 29.0 Å². The Kier molecular flexibility index (Phi) is 7.16. The van der Waals surface area contributed by atoms with Gasteiger partial charge in [0, 0.05) is 22.9 Å². The maximum atomic E-state index is 13.4. The summed E-state index contributed by atoms with van der Waals surface area (Å²) in [6, 6.07) is 11.3. The van der Waals surface area contributed by atoms with Crippen LogP contribution in [0.2, 0.25) is 0 Å². The summed E-state index contributed by atoms with van der Waals surface area (Å²) in [6.45, 7) is 1.56. The van der Waals surface area contributed by atoms with E-state index < -0.39 is 22.7 Å². The van der Waals surface area contributed by atoms with Crippen molar-refractivity contribution in [2.45, 2.75) is 18.3 Å². The number of ether oxygens (including phenoxy) is 1. The molecule has 2 aromatic carbocycles. The number of methoxy groups -OCH3 is 1. The van der Waals surface area contributed by atoms with E-state index in [0.717, 1.165) is 6.07 Å². The number of nitro benzene ring substituents is 1. The summed E-state index contributed by atoms with van der Waals surface area (Å²) in [5, 5.41) is 13.3. The molecule has 8 nitrogen and oxygen atoms in total. The molecule has 1 amide bonds. The van der Waals surface area contributed by atoms with Crippen LogP contribution in [0.25, 0.3) is 11.3 Å². The molecule has 1 N–H and O–H groups in total. The first-order valence-corrected chi connectivity index (χ1v) is 10.3. The van der Waals surface area contributed by atoms with Crippen LogP contribution in [-0.4, -0.2) is 33.7 Å². The van der Waals surface area contributed by atoms with Gasteiger partial charge < -0.3 is 10.1 Å². The fourth-order valence-electron chi connectivity index (χ4n) is 2.76. The largest absolute Gasteiger partial charge is 0.497 e. The summed E-state index contributed by atoms with van der Waals surface area (Å²) in [7, 11) is 1.47. The molecule has 0 aliphatic rings. The van der Waals surface area contributed by atoms with Crippen LogP contribution in [-0.2, 0) is 11.0 Å². The van der Waals surface area contributed by atoms with Crippen molar-refractivity contribution in [2.75, 3.05) is 18.2 Å². The molecule has 0 saturated heterocycles. The maximum absolute atomic E-state index is 13.4. The Morgan fingerprint density at radius 2 is 1.85 bits per heavy atom. The van der Waals surface area contributed by atoms with Crippen LogP contribution in [0.5, 0.6) is 5.75 Å². The van der Waals surface area contributed by atoms with E-state index in [1.54, 1.807) is 31.2 Å². The SMILES string of the molecule is COc1ccc(-c2cc(C(F)(F)F)nc(SCC(=O)Nc3ccc(C)c([N+](=O)[O-])c3)n2)cc1. The van der Waals surface area contributed by atoms with Crippen molar-refractivity contribution in [2.24, 2.45) is 0 Å². The quantitative estimate of drug-likeness (QED) is 0.217. The lowest BCUT2D eigenvalue weighted by Crippen LogP contribution is -2.15. The van der Waals surface area contributed by atoms with Crippen LogP contribution in [0.4, 0.5) is 24.5 Å². The lowest BCUT2D eigenvalue weighted by atomic mass is 10.1. The smallest absolute Gasteiger partial charge is 0.433 e. The van der Waals surface area contributed by atoms with Gasteiger partial charge >= 0.3 is 6.18 Å². The number of anilines is 1. The van der Waals surface area contributed by atoms with Gasteiger partial charge in [-0.25, -0.2) is 9.97 Å². The highest BCUT2D eigenvalue weighted by atomic mass is 32.2. The summed E-state index contributed by atoms with van der Waals surface area (Å²) in [6.07, 6.45) is -4.71. The van der Waals surface area contributed by atoms with Crippen LogP contribution >= 0.6 is 11.8 Å². The third-order valence-electron chi connectivity index (χ3n) is 4.40. The molecule has 0 atom stereocenters. The van der Waals surface area contributed by atoms with Gasteiger partial charge in [0.1, 0.15) is 11.4 Å². The minimum Gasteiger partial charge on any atom is -0.497 e. The van der Waals surface area contributed by atoms with Gasteiger partial charge in [-0.05, 0) is 43.3 Å². The fraction of sp³-hybridized carbons (Fsp3) is 0.190. The molecule has 0 bridgehead atoms. The predicted molar refractivity (Wildman–Crippen MR) is 116 cm³/mol. The number of amides is 1. The van der Waals surface area contributed by atoms with Gasteiger partial charge in [-0.15, -0.1) is 0 Å². The van der Waals surface area contributed by atoms with Crippen molar-refractivity contribution in [3.8, 4) is 17.0 Å². The van der Waals surface area contributed by atoms with E-state index >= 15 is 0 Å². The normalized spacial score (nSPS) is 11.2. The van der Waals surface area contributed by atoms with Gasteiger partial charge in [0.05, 0.1) is 23.5 Å². The average Bonchev–Trinajstić information content (AvgIpc) is 2.78. The van der Waals surface area contributed by atoms with E-state index in [4.69, 9.17) is 4.74 Å². The van der Waals surface area contributed by atoms with E-state index in [9.17, 15) is 28.1 Å². The highest BCUT2D eigenvalue weighted by Gasteiger charge is 2.34. The van der Waals surface area contributed by atoms with Gasteiger partial charge in [0.2, 0.25) is 5.91 Å². The van der Waals surface area contributed by atoms with E-state index in [1.807, 2.05) is 0 Å². The number of alkyl halides is 3. The highest BCUT2D eigenvalue weighted by molar-refractivity contribution is 7.99. The Bertz CT molecular complexity index is 1190. The second-order valence-corrected chi connectivity index (χ2v) is 7.68. The molecule has 0 radical (unpaired) electrons. The number of carbonyl (C=O) groups excluding carboxylic acids is 1. The van der Waals surface area contributed by atoms with Gasteiger partial charge in [-0.2, -0.15) is 13.2 Å². The number of aryl methyl sites for hydroxylation is 1. The number of halogens is 3. The zero-order valence-corrected chi connectivity index (χ0v) is 18.2. The van der Waals surface area contributed by atoms with E-state index in [-0.39, 0.29) is 28.0 Å². The molecule has 1 heterocycles. The molecular weight excluding hydrogens is 461 g/mol. The molecular formula is C21H17F3N4O4S. The van der Waals surface area contributed by atoms with Crippen LogP contribution in [0.1, 0.15) is 11.3 Å². The van der Waals surface area contributed by atoms with Crippen molar-refractivity contribution in [3.05, 3.63) is 69.9 Å². The minimum atomic E-state index is -4.71. The number of nitrogens with one attached hydrogen (secondary N) is 1. The minimum absolute atomic E-state index is 0.0389. The third-order valence-corrected chi connectivity index (χ3v) is 5.25. The first kappa shape index (κ1) is 24.0. The first-order valence-electron chi connectivity index (χ1n) is 9.35. The van der Waals surface area contributed by atoms with Gasteiger partial charge in [-0.3, -0.25) is 14.9 Å². The Hall–Kier alpha value is -3.67. The van der Waals surface area contributed by atoms with E-state index in [2.05, 4.69) is 15.3 Å². The average molecular weight is 478 g/mol. The number of hydrogen-bond acceptors (Lipinski definition) is 7. The number of hydrogen-bond donors (Lipinski definition) is 1. The Morgan fingerprint density at radius 1 is 1.15 bits per heavy atom. The maximum Gasteiger partial charge on any atom is 0.433 e. The molecule has 0 unspecified atom stereocenters. The first-order chi connectivity index (χ1) is 15.6. The van der Waals surface area contributed by atoms with Crippen LogP contribution in [0, 0.1) is 17.0 Å². The second kappa shape index (κ2) is 9.86. The second-order valence-electron chi connectivity index (χ2n) is 6.74. The predicted octanol–water partition coefficient (Wildman–Crippen LogP) is 5.12. The highest BCUT2D eigenvalue weighted by Crippen LogP contribution is 2.32. The van der Waals surface area contributed by atoms with Gasteiger partial charge in [0.15, 0.2) is 5.16 Å². The monoisotopic (exact) mass is 478 g/mol. The summed E-state index contributed by atoms with van der Waals surface area (Å²) >= 11 is 0.715. The summed E-state index contributed by atoms with van der Waals surface area (Å²) in [5.41, 5.74) is -0.220. The Balaban J connectivity index is 1.79. The van der Waals surface area contributed by atoms with Crippen molar-refractivity contribution in [1.29, 1.82) is 0 Å². The van der Waals surface area contributed by atoms with Gasteiger partial charge in [-0.1, -0.05) is 17.8 Å². The van der Waals surface area contributed by atoms with Crippen molar-refractivity contribution < 1.29 is 27.6 Å². The van der Waals surface area contributed by atoms with Crippen LogP contribution in [0.15, 0.2) is 53.7 Å². The molecule has 3 rings (SSSR count). The molecule has 3 aromatic rings. The molecule has 172 valence electrons. The number of aromatic nitrogens is 2. The van der Waals surface area contributed by atoms with Crippen molar-refractivity contribution in [1.82, 2.24) is 9.97 Å². The molecule has 0 aliphatic heterocycles. The lowest BCUT2D eigenvalue weighted by molar-refractivity contribution is -0.385. The standard InChI is InChI=1S/C21H17F3N4O4S/c1-12-3-6-14(9-17(12)28(30)31)25-19(29)11-33-20-26-16(10-18(27-20)21(22,23)24)13-4-7-15(32-2)8-5-13/h3-10H,11H2,1-2H3,(H,25,29). The molecule has 0 fully saturated rings. The lowest BCUT2D eigenvalue weighted by Gasteiger charge is -2.11. The summed E-state index contributed by atoms with van der Waals surface area (Å²) in [4.78, 5) is 30.4. The number of benzene rings is 2. The molecule has 0 saturated carbocycles. The number of carbonyl (C=O) groups is 1. The molecule has 0 spiro atoms. The number of thioether (sulfide) groups is 1. The number of rotatable bonds is 7. The Morgan fingerprint density at radius 3 is 2.45 bits per heavy atom. The van der Waals surface area contributed by atoms with Crippen LogP contribution in [0.3, 0.4) is 0 Å². The number of nitrogens with zero attached hydrogens (tertiary/aromatic N) is 3. The van der Waals surface area contributed by atoms with Crippen molar-refractivity contribution in [3.63, 3.8) is 0 Å². The zero-order chi connectivity index (χ0) is 24.2. The molecule has 12 heteroatoms. The molecule has 0 aliphatic carbocycles. The topological polar surface area (TPSA) is 107 Å². The van der Waals surface area contributed by atoms with E-state index in [0.29, 0.717) is 28.6 Å². The third kappa shape index (κ3) is 6.19. The fourth-order valence-corrected chi connectivity index (χ4v) is 3.41. The molecule has 33 heavy (non-hydrogen) atoms. The summed E-state index contributed by atoms with van der Waals surface area (Å²) in [5.74, 6) is -0.345. The zero-order valence-electron chi connectivity index (χ0n) is 17.3.